The molecule has 1 aromatic heterocycles. The van der Waals surface area contributed by atoms with Gasteiger partial charge in [-0.2, -0.15) is 0 Å². The zero-order valence-corrected chi connectivity index (χ0v) is 18.6. The Morgan fingerprint density at radius 3 is 2.64 bits per heavy atom. The number of aliphatic carboxylic acids is 1. The summed E-state index contributed by atoms with van der Waals surface area (Å²) >= 11 is 14.0. The summed E-state index contributed by atoms with van der Waals surface area (Å²) in [7, 11) is 0. The second-order valence-electron chi connectivity index (χ2n) is 7.86. The predicted molar refractivity (Wildman–Crippen MR) is 118 cm³/mol. The molecule has 0 unspecified atom stereocenters. The van der Waals surface area contributed by atoms with Crippen molar-refractivity contribution in [2.45, 2.75) is 46.0 Å². The summed E-state index contributed by atoms with van der Waals surface area (Å²) in [5, 5.41) is 11.1. The molecule has 1 heterocycles. The molecule has 1 N–H and O–H groups in total. The van der Waals surface area contributed by atoms with Crippen molar-refractivity contribution >= 4 is 45.6 Å². The predicted octanol–water partition coefficient (Wildman–Crippen LogP) is 6.40. The van der Waals surface area contributed by atoms with Crippen molar-refractivity contribution in [3.8, 4) is 11.3 Å². The number of anilines is 1. The molecule has 1 aromatic carbocycles. The highest BCUT2D eigenvalue weighted by Crippen LogP contribution is 2.38. The van der Waals surface area contributed by atoms with Gasteiger partial charge >= 0.3 is 5.97 Å². The maximum Gasteiger partial charge on any atom is 0.305 e. The summed E-state index contributed by atoms with van der Waals surface area (Å²) in [6.45, 7) is 5.71. The van der Waals surface area contributed by atoms with Crippen molar-refractivity contribution < 1.29 is 9.90 Å². The normalized spacial score (nSPS) is 13.9. The van der Waals surface area contributed by atoms with Gasteiger partial charge in [-0.3, -0.25) is 4.79 Å². The number of halogens is 2. The maximum atomic E-state index is 11.1. The number of benzene rings is 1. The zero-order valence-electron chi connectivity index (χ0n) is 16.3. The number of carbonyl (C=O) groups is 1. The molecule has 1 saturated carbocycles. The van der Waals surface area contributed by atoms with Crippen molar-refractivity contribution in [3.05, 3.63) is 33.1 Å². The minimum atomic E-state index is -0.778. The molecular weight excluding hydrogens is 415 g/mol. The Hall–Kier alpha value is -1.30. The summed E-state index contributed by atoms with van der Waals surface area (Å²) in [6.07, 6.45) is 4.71. The Morgan fingerprint density at radius 2 is 2.04 bits per heavy atom. The lowest BCUT2D eigenvalue weighted by Crippen LogP contribution is -2.27. The monoisotopic (exact) mass is 440 g/mol. The number of rotatable bonds is 10. The molecule has 2 aromatic rings. The van der Waals surface area contributed by atoms with Gasteiger partial charge in [0.2, 0.25) is 0 Å². The van der Waals surface area contributed by atoms with E-state index in [0.717, 1.165) is 41.7 Å². The van der Waals surface area contributed by atoms with E-state index in [0.29, 0.717) is 22.5 Å². The van der Waals surface area contributed by atoms with Crippen LogP contribution in [0.3, 0.4) is 0 Å². The molecule has 1 aliphatic carbocycles. The van der Waals surface area contributed by atoms with Gasteiger partial charge < -0.3 is 10.0 Å². The first-order chi connectivity index (χ1) is 13.3. The van der Waals surface area contributed by atoms with E-state index < -0.39 is 5.97 Å². The number of carboxylic acids is 1. The Balaban J connectivity index is 1.91. The average molecular weight is 441 g/mol. The molecular formula is C21H26Cl2N2O2S. The van der Waals surface area contributed by atoms with Crippen LogP contribution < -0.4 is 4.90 Å². The highest BCUT2D eigenvalue weighted by atomic mass is 35.5. The van der Waals surface area contributed by atoms with Gasteiger partial charge in [0.25, 0.3) is 0 Å². The molecule has 1 aliphatic rings. The quantitative estimate of drug-likeness (QED) is 0.464. The van der Waals surface area contributed by atoms with Crippen LogP contribution in [0.4, 0.5) is 5.13 Å². The van der Waals surface area contributed by atoms with Crippen molar-refractivity contribution in [2.24, 2.45) is 11.8 Å². The molecule has 3 rings (SSSR count). The van der Waals surface area contributed by atoms with E-state index in [9.17, 15) is 4.79 Å². The second kappa shape index (κ2) is 9.47. The standard InChI is InChI=1S/C21H26Cl2N2O2S/c1-13(2)11-18-20(15-5-6-16(22)17(23)12-15)24-21(28-18)25(10-8-19(26)27)9-7-14-3-4-14/h5-6,12-14H,3-4,7-11H2,1-2H3,(H,26,27). The van der Waals surface area contributed by atoms with Crippen molar-refractivity contribution in [1.82, 2.24) is 4.98 Å². The van der Waals surface area contributed by atoms with Crippen molar-refractivity contribution in [2.75, 3.05) is 18.0 Å². The van der Waals surface area contributed by atoms with Crippen LogP contribution in [-0.4, -0.2) is 29.1 Å². The highest BCUT2D eigenvalue weighted by Gasteiger charge is 2.24. The minimum Gasteiger partial charge on any atom is -0.481 e. The molecule has 28 heavy (non-hydrogen) atoms. The third-order valence-corrected chi connectivity index (χ3v) is 6.72. The molecule has 7 heteroatoms. The number of thiazole rings is 1. The number of carboxylic acid groups (broad SMARTS) is 1. The van der Waals surface area contributed by atoms with E-state index in [2.05, 4.69) is 18.7 Å². The largest absolute Gasteiger partial charge is 0.481 e. The number of nitrogens with zero attached hydrogens (tertiary/aromatic N) is 2. The first-order valence-electron chi connectivity index (χ1n) is 9.75. The average Bonchev–Trinajstić information content (AvgIpc) is 3.36. The van der Waals surface area contributed by atoms with Gasteiger partial charge in [0.05, 0.1) is 22.2 Å². The lowest BCUT2D eigenvalue weighted by Gasteiger charge is -2.21. The SMILES string of the molecule is CC(C)Cc1sc(N(CCC(=O)O)CCC2CC2)nc1-c1ccc(Cl)c(Cl)c1. The maximum absolute atomic E-state index is 11.1. The minimum absolute atomic E-state index is 0.117. The number of hydrogen-bond donors (Lipinski definition) is 1. The summed E-state index contributed by atoms with van der Waals surface area (Å²) in [5.74, 6) is 0.505. The van der Waals surface area contributed by atoms with Crippen LogP contribution in [0.1, 0.15) is 44.4 Å². The Kier molecular flexibility index (Phi) is 7.24. The molecule has 0 amide bonds. The van der Waals surface area contributed by atoms with Gasteiger partial charge in [-0.25, -0.2) is 4.98 Å². The topological polar surface area (TPSA) is 53.4 Å². The first kappa shape index (κ1) is 21.4. The lowest BCUT2D eigenvalue weighted by molar-refractivity contribution is -0.136. The summed E-state index contributed by atoms with van der Waals surface area (Å²) < 4.78 is 0. The van der Waals surface area contributed by atoms with E-state index in [1.807, 2.05) is 12.1 Å². The Morgan fingerprint density at radius 1 is 1.29 bits per heavy atom. The van der Waals surface area contributed by atoms with Gasteiger partial charge in [0.15, 0.2) is 5.13 Å². The fourth-order valence-corrected chi connectivity index (χ4v) is 4.78. The molecule has 0 atom stereocenters. The van der Waals surface area contributed by atoms with Gasteiger partial charge in [-0.1, -0.05) is 56.0 Å². The van der Waals surface area contributed by atoms with Crippen molar-refractivity contribution in [3.63, 3.8) is 0 Å². The van der Waals surface area contributed by atoms with E-state index in [1.54, 1.807) is 17.4 Å². The molecule has 4 nitrogen and oxygen atoms in total. The van der Waals surface area contributed by atoms with Gasteiger partial charge in [-0.15, -0.1) is 11.3 Å². The van der Waals surface area contributed by atoms with E-state index in [4.69, 9.17) is 33.3 Å². The number of aromatic nitrogens is 1. The van der Waals surface area contributed by atoms with Crippen LogP contribution >= 0.6 is 34.5 Å². The summed E-state index contributed by atoms with van der Waals surface area (Å²) in [4.78, 5) is 19.4. The molecule has 1 fully saturated rings. The van der Waals surface area contributed by atoms with E-state index in [-0.39, 0.29) is 6.42 Å². The van der Waals surface area contributed by atoms with Crippen LogP contribution in [0.25, 0.3) is 11.3 Å². The summed E-state index contributed by atoms with van der Waals surface area (Å²) in [5.41, 5.74) is 1.88. The molecule has 0 saturated heterocycles. The summed E-state index contributed by atoms with van der Waals surface area (Å²) in [6, 6.07) is 5.60. The second-order valence-corrected chi connectivity index (χ2v) is 9.73. The van der Waals surface area contributed by atoms with Crippen LogP contribution in [0.15, 0.2) is 18.2 Å². The van der Waals surface area contributed by atoms with Crippen molar-refractivity contribution in [1.29, 1.82) is 0 Å². The van der Waals surface area contributed by atoms with Crippen LogP contribution in [0, 0.1) is 11.8 Å². The molecule has 0 radical (unpaired) electrons. The zero-order chi connectivity index (χ0) is 20.3. The molecule has 152 valence electrons. The highest BCUT2D eigenvalue weighted by molar-refractivity contribution is 7.16. The van der Waals surface area contributed by atoms with Gasteiger partial charge in [-0.05, 0) is 36.8 Å². The fraction of sp³-hybridized carbons (Fsp3) is 0.524. The van der Waals surface area contributed by atoms with E-state index in [1.165, 1.54) is 17.7 Å². The molecule has 0 spiro atoms. The van der Waals surface area contributed by atoms with Gasteiger partial charge in [0.1, 0.15) is 0 Å². The molecule has 0 bridgehead atoms. The molecule has 0 aliphatic heterocycles. The Labute approximate surface area is 180 Å². The number of hydrogen-bond acceptors (Lipinski definition) is 4. The van der Waals surface area contributed by atoms with Gasteiger partial charge in [0, 0.05) is 23.5 Å². The third kappa shape index (κ3) is 5.85. The third-order valence-electron chi connectivity index (χ3n) is 4.84. The lowest BCUT2D eigenvalue weighted by atomic mass is 10.0. The van der Waals surface area contributed by atoms with Crippen LogP contribution in [-0.2, 0) is 11.2 Å². The fourth-order valence-electron chi connectivity index (χ4n) is 3.13. The van der Waals surface area contributed by atoms with Crippen LogP contribution in [0.5, 0.6) is 0 Å². The van der Waals surface area contributed by atoms with E-state index >= 15 is 0 Å². The van der Waals surface area contributed by atoms with Crippen LogP contribution in [0.2, 0.25) is 10.0 Å². The first-order valence-corrected chi connectivity index (χ1v) is 11.3. The Bertz CT molecular complexity index is 834. The smallest absolute Gasteiger partial charge is 0.305 e.